The average Bonchev–Trinajstić information content (AvgIpc) is 2.62. The summed E-state index contributed by atoms with van der Waals surface area (Å²) in [6.07, 6.45) is 4.41. The number of likely N-dealkylation sites (N-methyl/N-ethyl adjacent to an activating group) is 1. The van der Waals surface area contributed by atoms with Gasteiger partial charge in [-0.05, 0) is 31.9 Å². The van der Waals surface area contributed by atoms with Crippen LogP contribution in [-0.4, -0.2) is 67.5 Å². The van der Waals surface area contributed by atoms with Crippen molar-refractivity contribution in [2.45, 2.75) is 58.0 Å². The first-order valence-corrected chi connectivity index (χ1v) is 12.3. The van der Waals surface area contributed by atoms with E-state index >= 15 is 0 Å². The topological polar surface area (TPSA) is 102 Å². The van der Waals surface area contributed by atoms with Crippen LogP contribution in [0.1, 0.15) is 50.5 Å². The largest absolute Gasteiger partial charge is 0.494 e. The molecule has 1 aromatic carbocycles. The molecule has 1 rings (SSSR count). The molecule has 31 heavy (non-hydrogen) atoms. The monoisotopic (exact) mass is 460 g/mol. The van der Waals surface area contributed by atoms with Gasteiger partial charge in [-0.3, -0.25) is 13.8 Å². The Bertz CT molecular complexity index is 688. The lowest BCUT2D eigenvalue weighted by Crippen LogP contribution is -2.42. The molecule has 0 radical (unpaired) electrons. The molecule has 0 spiro atoms. The zero-order valence-electron chi connectivity index (χ0n) is 19.3. The first-order valence-electron chi connectivity index (χ1n) is 10.8. The van der Waals surface area contributed by atoms with Gasteiger partial charge in [0.15, 0.2) is 0 Å². The van der Waals surface area contributed by atoms with Crippen molar-refractivity contribution in [3.63, 3.8) is 0 Å². The number of hydrogen-bond donors (Lipinski definition) is 2. The van der Waals surface area contributed by atoms with Crippen molar-refractivity contribution in [2.24, 2.45) is 0 Å². The lowest BCUT2D eigenvalue weighted by atomic mass is 10.1. The van der Waals surface area contributed by atoms with Crippen molar-refractivity contribution >= 4 is 13.8 Å². The minimum Gasteiger partial charge on any atom is -0.494 e. The summed E-state index contributed by atoms with van der Waals surface area (Å²) >= 11 is 0. The average molecular weight is 461 g/mol. The number of carboxylic acids is 1. The van der Waals surface area contributed by atoms with E-state index in [0.717, 1.165) is 37.9 Å². The smallest absolute Gasteiger partial charge is 0.472 e. The Morgan fingerprint density at radius 3 is 2.10 bits per heavy atom. The SMILES string of the molecule is Cc1ccc(OCCCCCCCCOP(=O)(O)OC(CC(=O)O)C[N+](C)(C)C)cc1. The quantitative estimate of drug-likeness (QED) is 0.202. The van der Waals surface area contributed by atoms with E-state index in [4.69, 9.17) is 18.9 Å². The van der Waals surface area contributed by atoms with Crippen molar-refractivity contribution < 1.29 is 37.6 Å². The normalized spacial score (nSPS) is 14.7. The van der Waals surface area contributed by atoms with Gasteiger partial charge in [-0.1, -0.05) is 43.4 Å². The summed E-state index contributed by atoms with van der Waals surface area (Å²) in [6.45, 7) is 3.13. The van der Waals surface area contributed by atoms with Crippen LogP contribution >= 0.6 is 7.82 Å². The van der Waals surface area contributed by atoms with Gasteiger partial charge in [0.05, 0.1) is 40.8 Å². The number of carbonyl (C=O) groups is 1. The van der Waals surface area contributed by atoms with Gasteiger partial charge in [-0.2, -0.15) is 0 Å². The number of quaternary nitrogens is 1. The minimum atomic E-state index is -4.28. The van der Waals surface area contributed by atoms with Gasteiger partial charge < -0.3 is 19.2 Å². The molecular weight excluding hydrogens is 421 g/mol. The molecule has 0 saturated carbocycles. The fourth-order valence-corrected chi connectivity index (χ4v) is 4.01. The molecule has 0 amide bonds. The predicted molar refractivity (Wildman–Crippen MR) is 120 cm³/mol. The second-order valence-corrected chi connectivity index (χ2v) is 10.3. The molecule has 0 aromatic heterocycles. The molecule has 2 atom stereocenters. The molecule has 2 N–H and O–H groups in total. The van der Waals surface area contributed by atoms with Crippen molar-refractivity contribution in [1.82, 2.24) is 0 Å². The van der Waals surface area contributed by atoms with Gasteiger partial charge >= 0.3 is 13.8 Å². The van der Waals surface area contributed by atoms with Crippen LogP contribution in [0.3, 0.4) is 0 Å². The maximum atomic E-state index is 12.1. The zero-order chi connectivity index (χ0) is 23.3. The number of aliphatic carboxylic acids is 1. The van der Waals surface area contributed by atoms with E-state index in [0.29, 0.717) is 17.5 Å². The molecule has 8 nitrogen and oxygen atoms in total. The number of ether oxygens (including phenoxy) is 1. The standard InChI is InChI=1S/C22H38NO7P/c1-19-11-13-20(14-12-19)28-15-9-7-5-6-8-10-16-29-31(26,27)30-21(17-22(24)25)18-23(2,3)4/h11-14,21H,5-10,15-18H2,1-4H3,(H-,24,25,26,27)/p+1. The molecular formula is C22H39NO7P+. The third-order valence-corrected chi connectivity index (χ3v) is 5.59. The summed E-state index contributed by atoms with van der Waals surface area (Å²) in [5.74, 6) is -0.187. The Morgan fingerprint density at radius 2 is 1.55 bits per heavy atom. The molecule has 0 aliphatic rings. The van der Waals surface area contributed by atoms with Crippen LogP contribution in [0.5, 0.6) is 5.75 Å². The number of benzene rings is 1. The highest BCUT2D eigenvalue weighted by Gasteiger charge is 2.31. The number of aryl methyl sites for hydroxylation is 1. The lowest BCUT2D eigenvalue weighted by molar-refractivity contribution is -0.873. The fraction of sp³-hybridized carbons (Fsp3) is 0.682. The van der Waals surface area contributed by atoms with E-state index in [9.17, 15) is 14.3 Å². The van der Waals surface area contributed by atoms with Crippen LogP contribution < -0.4 is 4.74 Å². The number of nitrogens with zero attached hydrogens (tertiary/aromatic N) is 1. The van der Waals surface area contributed by atoms with E-state index in [1.807, 2.05) is 52.3 Å². The summed E-state index contributed by atoms with van der Waals surface area (Å²) in [5.41, 5.74) is 1.21. The van der Waals surface area contributed by atoms with Gasteiger partial charge in [0.2, 0.25) is 0 Å². The number of carboxylic acid groups (broad SMARTS) is 1. The number of rotatable bonds is 17. The summed E-state index contributed by atoms with van der Waals surface area (Å²) in [7, 11) is 1.29. The Labute approximate surface area is 186 Å². The second-order valence-electron chi connectivity index (χ2n) is 8.88. The van der Waals surface area contributed by atoms with E-state index in [1.54, 1.807) is 0 Å². The lowest BCUT2D eigenvalue weighted by Gasteiger charge is -2.29. The van der Waals surface area contributed by atoms with Crippen LogP contribution in [0, 0.1) is 6.92 Å². The third kappa shape index (κ3) is 15.1. The number of phosphoric acid groups is 1. The summed E-state index contributed by atoms with van der Waals surface area (Å²) in [6, 6.07) is 8.02. The number of unbranched alkanes of at least 4 members (excludes halogenated alkanes) is 5. The molecule has 0 heterocycles. The molecule has 0 aliphatic carbocycles. The predicted octanol–water partition coefficient (Wildman–Crippen LogP) is 4.40. The van der Waals surface area contributed by atoms with Crippen molar-refractivity contribution in [3.8, 4) is 5.75 Å². The number of phosphoric ester groups is 1. The van der Waals surface area contributed by atoms with Gasteiger partial charge in [0, 0.05) is 0 Å². The molecule has 0 fully saturated rings. The van der Waals surface area contributed by atoms with Gasteiger partial charge in [-0.15, -0.1) is 0 Å². The van der Waals surface area contributed by atoms with E-state index in [1.165, 1.54) is 5.56 Å². The van der Waals surface area contributed by atoms with Crippen LogP contribution in [-0.2, 0) is 18.4 Å². The highest BCUT2D eigenvalue weighted by atomic mass is 31.2. The molecule has 9 heteroatoms. The number of hydrogen-bond acceptors (Lipinski definition) is 5. The summed E-state index contributed by atoms with van der Waals surface area (Å²) in [5, 5.41) is 8.99. The van der Waals surface area contributed by atoms with E-state index in [-0.39, 0.29) is 19.6 Å². The molecule has 0 aliphatic heterocycles. The first kappa shape index (κ1) is 27.6. The van der Waals surface area contributed by atoms with Crippen LogP contribution in [0.4, 0.5) is 0 Å². The molecule has 2 unspecified atom stereocenters. The minimum absolute atomic E-state index is 0.106. The first-order chi connectivity index (χ1) is 14.5. The van der Waals surface area contributed by atoms with Crippen molar-refractivity contribution in [3.05, 3.63) is 29.8 Å². The summed E-state index contributed by atoms with van der Waals surface area (Å²) < 4.78 is 28.4. The maximum absolute atomic E-state index is 12.1. The summed E-state index contributed by atoms with van der Waals surface area (Å²) in [4.78, 5) is 20.9. The maximum Gasteiger partial charge on any atom is 0.472 e. The molecule has 178 valence electrons. The Hall–Kier alpha value is -1.44. The van der Waals surface area contributed by atoms with Gasteiger partial charge in [0.1, 0.15) is 18.4 Å². The van der Waals surface area contributed by atoms with E-state index in [2.05, 4.69) is 0 Å². The van der Waals surface area contributed by atoms with E-state index < -0.39 is 19.9 Å². The third-order valence-electron chi connectivity index (χ3n) is 4.52. The van der Waals surface area contributed by atoms with Crippen molar-refractivity contribution in [2.75, 3.05) is 40.9 Å². The van der Waals surface area contributed by atoms with Crippen LogP contribution in [0.25, 0.3) is 0 Å². The Kier molecular flexibility index (Phi) is 12.3. The van der Waals surface area contributed by atoms with Crippen LogP contribution in [0.2, 0.25) is 0 Å². The Morgan fingerprint density at radius 1 is 1.00 bits per heavy atom. The van der Waals surface area contributed by atoms with Crippen molar-refractivity contribution in [1.29, 1.82) is 0 Å². The zero-order valence-corrected chi connectivity index (χ0v) is 20.2. The molecule has 0 saturated heterocycles. The highest BCUT2D eigenvalue weighted by Crippen LogP contribution is 2.45. The Balaban J connectivity index is 2.12. The van der Waals surface area contributed by atoms with Gasteiger partial charge in [0.25, 0.3) is 0 Å². The fourth-order valence-electron chi connectivity index (χ4n) is 3.08. The van der Waals surface area contributed by atoms with Gasteiger partial charge in [-0.25, -0.2) is 4.57 Å². The second kappa shape index (κ2) is 13.9. The van der Waals surface area contributed by atoms with Crippen LogP contribution in [0.15, 0.2) is 24.3 Å². The highest BCUT2D eigenvalue weighted by molar-refractivity contribution is 7.47. The molecule has 1 aromatic rings. The molecule has 0 bridgehead atoms.